The molecule has 25 heavy (non-hydrogen) atoms. The van der Waals surface area contributed by atoms with Gasteiger partial charge >= 0.3 is 0 Å². The first-order valence-corrected chi connectivity index (χ1v) is 8.31. The van der Waals surface area contributed by atoms with E-state index in [1.54, 1.807) is 31.5 Å². The number of ether oxygens (including phenoxy) is 2. The number of hydrogen-bond acceptors (Lipinski definition) is 6. The molecular weight excluding hydrogens is 320 g/mol. The van der Waals surface area contributed by atoms with Gasteiger partial charge in [-0.2, -0.15) is 0 Å². The number of hydrogen-bond donors (Lipinski definition) is 2. The number of carbonyl (C=O) groups excluding carboxylic acids is 1. The van der Waals surface area contributed by atoms with Gasteiger partial charge in [-0.25, -0.2) is 9.97 Å². The standard InChI is InChI=1S/C18H22N4O3/c1-24-13-7-8-14(16(9-13)25-2)22-18(23)15-10-20-17(11-19-15)21-12-5-3-4-6-12/h7-12H,3-6H2,1-2H3,(H,20,21)(H,22,23). The predicted octanol–water partition coefficient (Wildman–Crippen LogP) is 3.10. The summed E-state index contributed by atoms with van der Waals surface area (Å²) in [5.41, 5.74) is 0.790. The molecule has 0 atom stereocenters. The van der Waals surface area contributed by atoms with E-state index in [1.807, 2.05) is 0 Å². The number of carbonyl (C=O) groups is 1. The van der Waals surface area contributed by atoms with Crippen LogP contribution < -0.4 is 20.1 Å². The highest BCUT2D eigenvalue weighted by molar-refractivity contribution is 6.03. The molecule has 1 amide bonds. The third-order valence-corrected chi connectivity index (χ3v) is 4.25. The average Bonchev–Trinajstić information content (AvgIpc) is 3.15. The van der Waals surface area contributed by atoms with Crippen molar-refractivity contribution in [3.63, 3.8) is 0 Å². The molecule has 2 N–H and O–H groups in total. The maximum absolute atomic E-state index is 12.4. The molecule has 0 radical (unpaired) electrons. The first-order valence-electron chi connectivity index (χ1n) is 8.31. The van der Waals surface area contributed by atoms with E-state index in [4.69, 9.17) is 9.47 Å². The molecule has 0 unspecified atom stereocenters. The van der Waals surface area contributed by atoms with E-state index in [9.17, 15) is 4.79 Å². The summed E-state index contributed by atoms with van der Waals surface area (Å²) in [5, 5.41) is 6.13. The van der Waals surface area contributed by atoms with Crippen molar-refractivity contribution >= 4 is 17.4 Å². The van der Waals surface area contributed by atoms with Gasteiger partial charge < -0.3 is 20.1 Å². The second kappa shape index (κ2) is 7.83. The van der Waals surface area contributed by atoms with Crippen LogP contribution in [0.2, 0.25) is 0 Å². The minimum Gasteiger partial charge on any atom is -0.497 e. The van der Waals surface area contributed by atoms with Gasteiger partial charge in [0.2, 0.25) is 0 Å². The highest BCUT2D eigenvalue weighted by Gasteiger charge is 2.16. The van der Waals surface area contributed by atoms with E-state index in [2.05, 4.69) is 20.6 Å². The van der Waals surface area contributed by atoms with Gasteiger partial charge in [-0.05, 0) is 25.0 Å². The highest BCUT2D eigenvalue weighted by atomic mass is 16.5. The number of methoxy groups -OCH3 is 2. The molecule has 1 aliphatic carbocycles. The number of anilines is 2. The Labute approximate surface area is 146 Å². The van der Waals surface area contributed by atoms with E-state index in [-0.39, 0.29) is 11.6 Å². The number of rotatable bonds is 6. The Hall–Kier alpha value is -2.83. The molecule has 1 aromatic carbocycles. The Morgan fingerprint density at radius 2 is 1.92 bits per heavy atom. The quantitative estimate of drug-likeness (QED) is 0.839. The molecule has 0 aliphatic heterocycles. The van der Waals surface area contributed by atoms with E-state index in [0.29, 0.717) is 29.0 Å². The van der Waals surface area contributed by atoms with Gasteiger partial charge in [0.05, 0.1) is 32.3 Å². The molecule has 3 rings (SSSR count). The van der Waals surface area contributed by atoms with Crippen LogP contribution in [0.25, 0.3) is 0 Å². The molecule has 2 aromatic rings. The Bertz CT molecular complexity index is 728. The molecule has 1 saturated carbocycles. The van der Waals surface area contributed by atoms with E-state index in [1.165, 1.54) is 26.1 Å². The molecule has 1 fully saturated rings. The summed E-state index contributed by atoms with van der Waals surface area (Å²) >= 11 is 0. The summed E-state index contributed by atoms with van der Waals surface area (Å²) in [5.74, 6) is 1.52. The van der Waals surface area contributed by atoms with Gasteiger partial charge in [-0.15, -0.1) is 0 Å². The lowest BCUT2D eigenvalue weighted by Crippen LogP contribution is -2.18. The first-order chi connectivity index (χ1) is 12.2. The van der Waals surface area contributed by atoms with Gasteiger partial charge in [0.1, 0.15) is 23.0 Å². The van der Waals surface area contributed by atoms with Crippen LogP contribution in [0.15, 0.2) is 30.6 Å². The number of nitrogens with zero attached hydrogens (tertiary/aromatic N) is 2. The van der Waals surface area contributed by atoms with Gasteiger partial charge in [0.25, 0.3) is 5.91 Å². The summed E-state index contributed by atoms with van der Waals surface area (Å²) in [6.07, 6.45) is 7.87. The fourth-order valence-electron chi connectivity index (χ4n) is 2.89. The van der Waals surface area contributed by atoms with Crippen LogP contribution in [-0.2, 0) is 0 Å². The number of aromatic nitrogens is 2. The minimum absolute atomic E-state index is 0.245. The molecule has 132 valence electrons. The third kappa shape index (κ3) is 4.17. The SMILES string of the molecule is COc1ccc(NC(=O)c2cnc(NC3CCCC3)cn2)c(OC)c1. The Morgan fingerprint density at radius 1 is 1.12 bits per heavy atom. The summed E-state index contributed by atoms with van der Waals surface area (Å²) < 4.78 is 10.4. The Kier molecular flexibility index (Phi) is 5.33. The lowest BCUT2D eigenvalue weighted by atomic mass is 10.2. The zero-order chi connectivity index (χ0) is 17.6. The van der Waals surface area contributed by atoms with Gasteiger partial charge in [0, 0.05) is 12.1 Å². The molecule has 0 saturated heterocycles. The van der Waals surface area contributed by atoms with Gasteiger partial charge in [-0.3, -0.25) is 4.79 Å². The fourth-order valence-corrected chi connectivity index (χ4v) is 2.89. The van der Waals surface area contributed by atoms with Crippen molar-refractivity contribution in [1.82, 2.24) is 9.97 Å². The molecule has 1 aliphatic rings. The average molecular weight is 342 g/mol. The summed E-state index contributed by atoms with van der Waals surface area (Å²) in [4.78, 5) is 20.9. The maximum atomic E-state index is 12.4. The van der Waals surface area contributed by atoms with Crippen LogP contribution in [0, 0.1) is 0 Å². The summed E-state index contributed by atoms with van der Waals surface area (Å²) in [6, 6.07) is 5.63. The molecule has 0 bridgehead atoms. The second-order valence-corrected chi connectivity index (χ2v) is 5.93. The zero-order valence-corrected chi connectivity index (χ0v) is 14.4. The van der Waals surface area contributed by atoms with E-state index in [0.717, 1.165) is 12.8 Å². The van der Waals surface area contributed by atoms with Gasteiger partial charge in [-0.1, -0.05) is 12.8 Å². The second-order valence-electron chi connectivity index (χ2n) is 5.93. The highest BCUT2D eigenvalue weighted by Crippen LogP contribution is 2.29. The predicted molar refractivity (Wildman–Crippen MR) is 95.4 cm³/mol. The van der Waals surface area contributed by atoms with Crippen molar-refractivity contribution in [3.8, 4) is 11.5 Å². The van der Waals surface area contributed by atoms with Crippen LogP contribution in [0.3, 0.4) is 0 Å². The molecule has 0 spiro atoms. The van der Waals surface area contributed by atoms with Crippen molar-refractivity contribution in [2.75, 3.05) is 24.9 Å². The smallest absolute Gasteiger partial charge is 0.275 e. The van der Waals surface area contributed by atoms with E-state index >= 15 is 0 Å². The summed E-state index contributed by atoms with van der Waals surface area (Å²) in [6.45, 7) is 0. The monoisotopic (exact) mass is 342 g/mol. The third-order valence-electron chi connectivity index (χ3n) is 4.25. The molecule has 1 heterocycles. The Balaban J connectivity index is 1.66. The molecule has 7 nitrogen and oxygen atoms in total. The number of nitrogens with one attached hydrogen (secondary N) is 2. The van der Waals surface area contributed by atoms with Crippen LogP contribution in [-0.4, -0.2) is 36.1 Å². The van der Waals surface area contributed by atoms with E-state index < -0.39 is 0 Å². The van der Waals surface area contributed by atoms with Crippen LogP contribution in [0.1, 0.15) is 36.2 Å². The van der Waals surface area contributed by atoms with Crippen molar-refractivity contribution in [3.05, 3.63) is 36.3 Å². The zero-order valence-electron chi connectivity index (χ0n) is 14.4. The maximum Gasteiger partial charge on any atom is 0.275 e. The number of benzene rings is 1. The molecule has 1 aromatic heterocycles. The van der Waals surface area contributed by atoms with Crippen molar-refractivity contribution in [2.24, 2.45) is 0 Å². The van der Waals surface area contributed by atoms with Crippen molar-refractivity contribution in [1.29, 1.82) is 0 Å². The van der Waals surface area contributed by atoms with Crippen molar-refractivity contribution in [2.45, 2.75) is 31.7 Å². The lowest BCUT2D eigenvalue weighted by molar-refractivity contribution is 0.102. The fraction of sp³-hybridized carbons (Fsp3) is 0.389. The van der Waals surface area contributed by atoms with Crippen LogP contribution in [0.4, 0.5) is 11.5 Å². The lowest BCUT2D eigenvalue weighted by Gasteiger charge is -2.13. The first kappa shape index (κ1) is 17.0. The Morgan fingerprint density at radius 3 is 2.56 bits per heavy atom. The van der Waals surface area contributed by atoms with Crippen LogP contribution in [0.5, 0.6) is 11.5 Å². The largest absolute Gasteiger partial charge is 0.497 e. The molecular formula is C18H22N4O3. The summed E-state index contributed by atoms with van der Waals surface area (Å²) in [7, 11) is 3.11. The normalized spacial score (nSPS) is 14.2. The van der Waals surface area contributed by atoms with Crippen molar-refractivity contribution < 1.29 is 14.3 Å². The van der Waals surface area contributed by atoms with Gasteiger partial charge in [0.15, 0.2) is 0 Å². The number of amides is 1. The van der Waals surface area contributed by atoms with Crippen LogP contribution >= 0.6 is 0 Å². The minimum atomic E-state index is -0.344. The topological polar surface area (TPSA) is 85.4 Å². The molecule has 7 heteroatoms.